The number of amides is 2. The van der Waals surface area contributed by atoms with Gasteiger partial charge in [-0.05, 0) is 46.8 Å². The highest BCUT2D eigenvalue weighted by Gasteiger charge is 2.26. The van der Waals surface area contributed by atoms with Crippen LogP contribution < -0.4 is 5.32 Å². The second kappa shape index (κ2) is 10.7. The Labute approximate surface area is 216 Å². The molecule has 1 fully saturated rings. The van der Waals surface area contributed by atoms with Crippen molar-refractivity contribution in [3.63, 3.8) is 0 Å². The zero-order chi connectivity index (χ0) is 25.8. The summed E-state index contributed by atoms with van der Waals surface area (Å²) in [6.45, 7) is 5.97. The van der Waals surface area contributed by atoms with Crippen LogP contribution in [-0.4, -0.2) is 77.8 Å². The third-order valence-electron chi connectivity index (χ3n) is 5.92. The average Bonchev–Trinajstić information content (AvgIpc) is 3.67. The van der Waals surface area contributed by atoms with E-state index in [0.29, 0.717) is 48.1 Å². The van der Waals surface area contributed by atoms with Crippen molar-refractivity contribution in [1.82, 2.24) is 39.8 Å². The van der Waals surface area contributed by atoms with Gasteiger partial charge in [0.1, 0.15) is 4.88 Å². The third-order valence-corrected chi connectivity index (χ3v) is 6.68. The van der Waals surface area contributed by atoms with Crippen LogP contribution in [0.4, 0.5) is 11.5 Å². The number of tetrazole rings is 1. The van der Waals surface area contributed by atoms with Gasteiger partial charge in [-0.2, -0.15) is 4.52 Å². The number of thiazole rings is 1. The summed E-state index contributed by atoms with van der Waals surface area (Å²) in [6.07, 6.45) is 1.58. The number of fused-ring (bicyclic) bond motifs is 3. The predicted octanol–water partition coefficient (Wildman–Crippen LogP) is 3.50. The molecule has 37 heavy (non-hydrogen) atoms. The number of aromatic nitrogens is 6. The summed E-state index contributed by atoms with van der Waals surface area (Å²) in [5.74, 6) is 0.429. The summed E-state index contributed by atoms with van der Waals surface area (Å²) >= 11 is 1.33. The van der Waals surface area contributed by atoms with E-state index in [1.165, 1.54) is 11.3 Å². The number of nitrogens with zero attached hydrogens (tertiary/aromatic N) is 8. The van der Waals surface area contributed by atoms with Crippen molar-refractivity contribution in [3.05, 3.63) is 70.7 Å². The topological polar surface area (TPSA) is 122 Å². The Morgan fingerprint density at radius 1 is 0.919 bits per heavy atom. The maximum Gasteiger partial charge on any atom is 0.265 e. The molecule has 0 bridgehead atoms. The molecule has 2 aromatic carbocycles. The van der Waals surface area contributed by atoms with Gasteiger partial charge in [0.15, 0.2) is 5.82 Å². The van der Waals surface area contributed by atoms with Crippen LogP contribution in [0.1, 0.15) is 33.9 Å². The molecule has 0 spiro atoms. The molecule has 0 unspecified atom stereocenters. The van der Waals surface area contributed by atoms with Crippen LogP contribution in [-0.2, 0) is 0 Å². The van der Waals surface area contributed by atoms with Gasteiger partial charge in [0, 0.05) is 37.4 Å². The normalized spacial score (nSPS) is 13.4. The van der Waals surface area contributed by atoms with Crippen LogP contribution in [0, 0.1) is 0 Å². The van der Waals surface area contributed by atoms with Gasteiger partial charge in [-0.25, -0.2) is 4.98 Å². The second-order valence-electron chi connectivity index (χ2n) is 8.02. The van der Waals surface area contributed by atoms with E-state index >= 15 is 0 Å². The van der Waals surface area contributed by atoms with E-state index in [1.54, 1.807) is 38.2 Å². The van der Waals surface area contributed by atoms with Crippen LogP contribution in [0.5, 0.6) is 0 Å². The zero-order valence-corrected chi connectivity index (χ0v) is 21.2. The quantitative estimate of drug-likeness (QED) is 0.386. The molecule has 2 amide bonds. The molecule has 188 valence electrons. The van der Waals surface area contributed by atoms with Crippen LogP contribution in [0.25, 0.3) is 16.7 Å². The lowest BCUT2D eigenvalue weighted by Gasteiger charge is -2.34. The Balaban J connectivity index is 0.00000137. The van der Waals surface area contributed by atoms with Gasteiger partial charge in [0.05, 0.1) is 22.7 Å². The van der Waals surface area contributed by atoms with Crippen LogP contribution >= 0.6 is 11.3 Å². The fourth-order valence-corrected chi connectivity index (χ4v) is 4.68. The second-order valence-corrected chi connectivity index (χ2v) is 8.90. The number of nitrogens with one attached hydrogen (secondary N) is 1. The number of hydrogen-bond acceptors (Lipinski definition) is 9. The van der Waals surface area contributed by atoms with Crippen molar-refractivity contribution < 1.29 is 9.59 Å². The Morgan fingerprint density at radius 2 is 1.62 bits per heavy atom. The van der Waals surface area contributed by atoms with Gasteiger partial charge in [0.25, 0.3) is 11.8 Å². The lowest BCUT2D eigenvalue weighted by molar-refractivity contribution is 0.0538. The van der Waals surface area contributed by atoms with Gasteiger partial charge in [-0.15, -0.1) is 16.4 Å². The third kappa shape index (κ3) is 4.83. The first-order valence-corrected chi connectivity index (χ1v) is 12.9. The number of para-hydroxylation sites is 2. The van der Waals surface area contributed by atoms with E-state index in [2.05, 4.69) is 30.8 Å². The number of carbonyl (C=O) groups is 2. The Kier molecular flexibility index (Phi) is 6.99. The summed E-state index contributed by atoms with van der Waals surface area (Å²) in [7, 11) is 0. The number of rotatable bonds is 4. The molecule has 1 aliphatic heterocycles. The lowest BCUT2D eigenvalue weighted by Crippen LogP contribution is -2.50. The summed E-state index contributed by atoms with van der Waals surface area (Å²) in [5.41, 5.74) is 5.07. The molecule has 1 aliphatic rings. The Bertz CT molecular complexity index is 1530. The van der Waals surface area contributed by atoms with Gasteiger partial charge in [0.2, 0.25) is 5.65 Å². The zero-order valence-electron chi connectivity index (χ0n) is 20.4. The highest BCUT2D eigenvalue weighted by atomic mass is 32.1. The number of carbonyl (C=O) groups excluding carboxylic acids is 2. The Morgan fingerprint density at radius 3 is 2.32 bits per heavy atom. The van der Waals surface area contributed by atoms with Gasteiger partial charge in [-0.3, -0.25) is 14.6 Å². The maximum atomic E-state index is 13.0. The lowest BCUT2D eigenvalue weighted by atomic mass is 10.1. The molecule has 3 aromatic heterocycles. The Hall–Kier alpha value is -4.45. The first kappa shape index (κ1) is 24.3. The maximum absolute atomic E-state index is 13.0. The molecular formula is C25H25N9O2S. The average molecular weight is 516 g/mol. The van der Waals surface area contributed by atoms with Crippen molar-refractivity contribution in [2.45, 2.75) is 13.8 Å². The molecule has 5 aromatic rings. The van der Waals surface area contributed by atoms with Crippen LogP contribution in [0.2, 0.25) is 0 Å². The van der Waals surface area contributed by atoms with E-state index < -0.39 is 0 Å². The largest absolute Gasteiger partial charge is 0.337 e. The molecule has 6 rings (SSSR count). The standard InChI is InChI=1S/C23H19N9O2S.C2H6/c33-22(30-9-11-31(12-10-30)23(34)19-13-24-14-35-19)15-5-7-16(8-6-15)25-20-21-27-28-29-32(21)18-4-2-1-3-17(18)26-20;1-2/h1-8,13-14H,9-12H2,(H,25,26);1-2H3. The molecule has 0 saturated carbocycles. The molecule has 1 saturated heterocycles. The number of hydrogen-bond donors (Lipinski definition) is 1. The highest BCUT2D eigenvalue weighted by Crippen LogP contribution is 2.23. The summed E-state index contributed by atoms with van der Waals surface area (Å²) in [5, 5.41) is 15.2. The van der Waals surface area contributed by atoms with Gasteiger partial charge >= 0.3 is 0 Å². The molecule has 12 heteroatoms. The van der Waals surface area contributed by atoms with E-state index in [0.717, 1.165) is 16.7 Å². The molecular weight excluding hydrogens is 490 g/mol. The minimum atomic E-state index is -0.0608. The van der Waals surface area contributed by atoms with Crippen molar-refractivity contribution in [1.29, 1.82) is 0 Å². The molecule has 0 atom stereocenters. The summed E-state index contributed by atoms with van der Waals surface area (Å²) < 4.78 is 1.64. The summed E-state index contributed by atoms with van der Waals surface area (Å²) in [6, 6.07) is 14.8. The SMILES string of the molecule is CC.O=C(c1ccc(Nc2nc3ccccc3n3nnnc23)cc1)N1CCN(C(=O)c2cncs2)CC1. The smallest absolute Gasteiger partial charge is 0.265 e. The van der Waals surface area contributed by atoms with E-state index in [4.69, 9.17) is 0 Å². The number of piperazine rings is 1. The van der Waals surface area contributed by atoms with E-state index in [9.17, 15) is 9.59 Å². The molecule has 0 radical (unpaired) electrons. The van der Waals surface area contributed by atoms with Crippen molar-refractivity contribution >= 4 is 51.3 Å². The highest BCUT2D eigenvalue weighted by molar-refractivity contribution is 7.11. The minimum Gasteiger partial charge on any atom is -0.337 e. The molecule has 1 N–H and O–H groups in total. The van der Waals surface area contributed by atoms with Crippen LogP contribution in [0.15, 0.2) is 60.2 Å². The first-order chi connectivity index (χ1) is 18.2. The van der Waals surface area contributed by atoms with Crippen molar-refractivity contribution in [3.8, 4) is 0 Å². The molecule has 0 aliphatic carbocycles. The summed E-state index contributed by atoms with van der Waals surface area (Å²) in [4.78, 5) is 38.3. The van der Waals surface area contributed by atoms with Crippen molar-refractivity contribution in [2.24, 2.45) is 0 Å². The number of anilines is 2. The van der Waals surface area contributed by atoms with Crippen molar-refractivity contribution in [2.75, 3.05) is 31.5 Å². The fourth-order valence-electron chi connectivity index (χ4n) is 4.09. The first-order valence-electron chi connectivity index (χ1n) is 12.0. The van der Waals surface area contributed by atoms with E-state index in [-0.39, 0.29) is 11.8 Å². The monoisotopic (exact) mass is 515 g/mol. The number of benzene rings is 2. The van der Waals surface area contributed by atoms with Gasteiger partial charge in [-0.1, -0.05) is 26.0 Å². The minimum absolute atomic E-state index is 0.0330. The molecule has 11 nitrogen and oxygen atoms in total. The van der Waals surface area contributed by atoms with Crippen LogP contribution in [0.3, 0.4) is 0 Å². The van der Waals surface area contributed by atoms with Gasteiger partial charge < -0.3 is 15.1 Å². The van der Waals surface area contributed by atoms with E-state index in [1.807, 2.05) is 50.2 Å². The fraction of sp³-hybridized carbons (Fsp3) is 0.240. The molecule has 4 heterocycles. The predicted molar refractivity (Wildman–Crippen MR) is 141 cm³/mol.